The second-order valence-electron chi connectivity index (χ2n) is 21.6. The smallest absolute Gasteiger partial charge is 0.194 e. The first kappa shape index (κ1) is 51.6. The molecule has 0 atom stereocenters. The zero-order chi connectivity index (χ0) is 51.8. The van der Waals surface area contributed by atoms with Crippen molar-refractivity contribution in [3.8, 4) is 29.1 Å². The molecule has 8 heteroatoms. The van der Waals surface area contributed by atoms with Crippen LogP contribution in [0, 0.1) is 17.9 Å². The zero-order valence-electron chi connectivity index (χ0n) is 43.7. The molecular weight excluding hydrogens is 889 g/mol. The van der Waals surface area contributed by atoms with E-state index in [0.29, 0.717) is 22.4 Å². The number of benzene rings is 7. The summed E-state index contributed by atoms with van der Waals surface area (Å²) in [6, 6.07) is 54.9. The van der Waals surface area contributed by atoms with Crippen LogP contribution in [0.4, 0.5) is 39.8 Å². The topological polar surface area (TPSA) is 71.6 Å². The maximum absolute atomic E-state index is 10.3. The van der Waals surface area contributed by atoms with E-state index in [1.165, 1.54) is 0 Å². The average Bonchev–Trinajstić information content (AvgIpc) is 3.31. The van der Waals surface area contributed by atoms with Crippen LogP contribution in [0.5, 0.6) is 23.0 Å². The minimum atomic E-state index is -0.313. The number of anilines is 6. The quantitative estimate of drug-likeness (QED) is 0.0794. The number of hydrogen-bond donors (Lipinski definition) is 0. The fourth-order valence-corrected chi connectivity index (χ4v) is 7.89. The number of nitriles is 1. The molecule has 8 nitrogen and oxygen atoms in total. The molecule has 72 heavy (non-hydrogen) atoms. The van der Waals surface area contributed by atoms with E-state index < -0.39 is 0 Å². The van der Waals surface area contributed by atoms with Crippen molar-refractivity contribution in [1.82, 2.24) is 0 Å². The Morgan fingerprint density at radius 2 is 0.653 bits per heavy atom. The molecule has 0 aliphatic heterocycles. The molecule has 7 aromatic rings. The zero-order valence-corrected chi connectivity index (χ0v) is 43.7. The van der Waals surface area contributed by atoms with E-state index in [2.05, 4.69) is 106 Å². The van der Waals surface area contributed by atoms with Gasteiger partial charge in [0.05, 0.1) is 18.2 Å². The first-order chi connectivity index (χ1) is 34.0. The second-order valence-corrected chi connectivity index (χ2v) is 21.6. The molecule has 0 spiro atoms. The molecule has 0 heterocycles. The van der Waals surface area contributed by atoms with Crippen molar-refractivity contribution in [2.75, 3.05) is 9.80 Å². The van der Waals surface area contributed by atoms with Gasteiger partial charge in [0.2, 0.25) is 0 Å². The first-order valence-electron chi connectivity index (χ1n) is 24.3. The normalized spacial score (nSPS) is 12.0. The largest absolute Gasteiger partial charge is 0.488 e. The van der Waals surface area contributed by atoms with E-state index in [1.54, 1.807) is 12.1 Å². The summed E-state index contributed by atoms with van der Waals surface area (Å²) >= 11 is 0. The molecule has 0 radical (unpaired) electrons. The van der Waals surface area contributed by atoms with Gasteiger partial charge in [-0.1, -0.05) is 48.6 Å². The summed E-state index contributed by atoms with van der Waals surface area (Å²) < 4.78 is 24.5. The van der Waals surface area contributed by atoms with Gasteiger partial charge in [0.15, 0.2) is 5.69 Å². The Bertz CT molecular complexity index is 2740. The van der Waals surface area contributed by atoms with Crippen molar-refractivity contribution in [3.63, 3.8) is 0 Å². The highest BCUT2D eigenvalue weighted by molar-refractivity contribution is 5.84. The highest BCUT2D eigenvalue weighted by Crippen LogP contribution is 2.39. The lowest BCUT2D eigenvalue weighted by Gasteiger charge is -2.27. The van der Waals surface area contributed by atoms with Crippen molar-refractivity contribution in [2.45, 2.75) is 105 Å². The third kappa shape index (κ3) is 14.4. The van der Waals surface area contributed by atoms with Gasteiger partial charge in [-0.2, -0.15) is 5.26 Å². The van der Waals surface area contributed by atoms with Crippen LogP contribution in [0.3, 0.4) is 0 Å². The van der Waals surface area contributed by atoms with Crippen LogP contribution in [-0.4, -0.2) is 22.4 Å². The number of ether oxygens (including phenoxy) is 4. The Labute approximate surface area is 427 Å². The van der Waals surface area contributed by atoms with Gasteiger partial charge in [-0.05, 0) is 239 Å². The van der Waals surface area contributed by atoms with E-state index in [1.807, 2.05) is 168 Å². The molecule has 0 bridgehead atoms. The SMILES string of the molecule is [C-]#[N+]c1cc(/C=C/c2ccc(N(c3ccc(OC(C)(C)C)cc3)c3ccc(OC(C)(C)C)cc3)cc2)c(C#N)cc1/C=C/c1ccc(N(c2ccc(OC(C)(C)C)cc2)c2ccc(OC(C)(C)C)cc2)cc1. The summed E-state index contributed by atoms with van der Waals surface area (Å²) in [7, 11) is 0. The highest BCUT2D eigenvalue weighted by atomic mass is 16.5. The van der Waals surface area contributed by atoms with Crippen molar-refractivity contribution in [3.05, 3.63) is 197 Å². The maximum atomic E-state index is 10.3. The first-order valence-corrected chi connectivity index (χ1v) is 24.3. The highest BCUT2D eigenvalue weighted by Gasteiger charge is 2.19. The van der Waals surface area contributed by atoms with Crippen LogP contribution in [0.1, 0.15) is 111 Å². The predicted molar refractivity (Wildman–Crippen MR) is 299 cm³/mol. The van der Waals surface area contributed by atoms with Crippen LogP contribution in [0.15, 0.2) is 158 Å². The third-order valence-electron chi connectivity index (χ3n) is 10.7. The van der Waals surface area contributed by atoms with Gasteiger partial charge in [-0.3, -0.25) is 0 Å². The van der Waals surface area contributed by atoms with Gasteiger partial charge in [0.1, 0.15) is 45.4 Å². The predicted octanol–water partition coefficient (Wildman–Crippen LogP) is 18.1. The number of nitrogens with zero attached hydrogens (tertiary/aromatic N) is 4. The minimum Gasteiger partial charge on any atom is -0.488 e. The van der Waals surface area contributed by atoms with Gasteiger partial charge in [0, 0.05) is 34.1 Å². The molecule has 0 amide bonds. The Balaban J connectivity index is 1.11. The van der Waals surface area contributed by atoms with Crippen LogP contribution < -0.4 is 28.7 Å². The lowest BCUT2D eigenvalue weighted by Crippen LogP contribution is -2.23. The molecule has 0 saturated carbocycles. The minimum absolute atomic E-state index is 0.313. The van der Waals surface area contributed by atoms with Crippen LogP contribution in [-0.2, 0) is 0 Å². The summed E-state index contributed by atoms with van der Waals surface area (Å²) in [5, 5.41) is 10.3. The van der Waals surface area contributed by atoms with Crippen LogP contribution in [0.2, 0.25) is 0 Å². The second kappa shape index (κ2) is 21.4. The van der Waals surface area contributed by atoms with Gasteiger partial charge < -0.3 is 28.7 Å². The third-order valence-corrected chi connectivity index (χ3v) is 10.7. The lowest BCUT2D eigenvalue weighted by atomic mass is 10.0. The molecule has 366 valence electrons. The van der Waals surface area contributed by atoms with Gasteiger partial charge in [-0.15, -0.1) is 0 Å². The van der Waals surface area contributed by atoms with Gasteiger partial charge in [0.25, 0.3) is 0 Å². The molecule has 0 fully saturated rings. The van der Waals surface area contributed by atoms with E-state index in [0.717, 1.165) is 68.2 Å². The molecular formula is C64H66N4O4. The van der Waals surface area contributed by atoms with Crippen molar-refractivity contribution >= 4 is 64.1 Å². The monoisotopic (exact) mass is 955 g/mol. The van der Waals surface area contributed by atoms with Gasteiger partial charge >= 0.3 is 0 Å². The summed E-state index contributed by atoms with van der Waals surface area (Å²) in [5.41, 5.74) is 8.72. The molecule has 0 unspecified atom stereocenters. The summed E-state index contributed by atoms with van der Waals surface area (Å²) in [6.45, 7) is 32.5. The standard InChI is InChI=1S/C64H66N4O4/c1-61(2,3)69-56-34-26-52(27-35-56)67(53-28-36-57(37-29-53)70-62(4,5)6)50-22-16-45(17-23-50)14-20-47-43-60(66-13)48(42-49(47)44-65)21-15-46-18-24-51(25-19-46)68(54-30-38-58(39-31-54)71-63(7,8)9)55-32-40-59(41-33-55)72-64(10,11)12/h14-43H,1-12H3/b20-14+,21-15+. The fraction of sp³-hybridized carbons (Fsp3) is 0.250. The summed E-state index contributed by atoms with van der Waals surface area (Å²) in [6.07, 6.45) is 7.74. The molecule has 7 aromatic carbocycles. The van der Waals surface area contributed by atoms with E-state index in [4.69, 9.17) is 25.5 Å². The number of hydrogen-bond acceptors (Lipinski definition) is 7. The van der Waals surface area contributed by atoms with Crippen LogP contribution >= 0.6 is 0 Å². The molecule has 0 aromatic heterocycles. The molecule has 0 saturated heterocycles. The fourth-order valence-electron chi connectivity index (χ4n) is 7.89. The number of rotatable bonds is 14. The van der Waals surface area contributed by atoms with Gasteiger partial charge in [-0.25, -0.2) is 4.85 Å². The summed E-state index contributed by atoms with van der Waals surface area (Å²) in [4.78, 5) is 8.25. The molecule has 7 rings (SSSR count). The van der Waals surface area contributed by atoms with Crippen LogP contribution in [0.25, 0.3) is 29.1 Å². The summed E-state index contributed by atoms with van der Waals surface area (Å²) in [5.74, 6) is 3.19. The Hall–Kier alpha value is -8.20. The van der Waals surface area contributed by atoms with Crippen molar-refractivity contribution in [1.29, 1.82) is 5.26 Å². The van der Waals surface area contributed by atoms with E-state index in [9.17, 15) is 5.26 Å². The molecule has 0 N–H and O–H groups in total. The Morgan fingerprint density at radius 1 is 0.389 bits per heavy atom. The molecule has 0 aliphatic carbocycles. The van der Waals surface area contributed by atoms with Crippen molar-refractivity contribution in [2.24, 2.45) is 0 Å². The lowest BCUT2D eigenvalue weighted by molar-refractivity contribution is 0.130. The average molecular weight is 955 g/mol. The van der Waals surface area contributed by atoms with E-state index in [-0.39, 0.29) is 22.4 Å². The van der Waals surface area contributed by atoms with Crippen molar-refractivity contribution < 1.29 is 18.9 Å². The van der Waals surface area contributed by atoms with E-state index >= 15 is 0 Å². The Morgan fingerprint density at radius 3 is 0.903 bits per heavy atom. The molecule has 0 aliphatic rings. The maximum Gasteiger partial charge on any atom is 0.194 e. The Kier molecular flexibility index (Phi) is 15.4.